The van der Waals surface area contributed by atoms with E-state index in [2.05, 4.69) is 28.9 Å². The molecule has 0 aliphatic carbocycles. The topological polar surface area (TPSA) is 48.7 Å². The Morgan fingerprint density at radius 2 is 2.43 bits per heavy atom. The summed E-state index contributed by atoms with van der Waals surface area (Å²) >= 11 is 3.15. The number of hydrogen-bond donors (Lipinski definition) is 1. The van der Waals surface area contributed by atoms with Crippen LogP contribution in [0.15, 0.2) is 0 Å². The number of thioether (sulfide) groups is 1. The molecule has 0 aliphatic heterocycles. The number of nitriles is 1. The lowest BCUT2D eigenvalue weighted by molar-refractivity contribution is 0.918. The van der Waals surface area contributed by atoms with Gasteiger partial charge in [0, 0.05) is 11.8 Å². The quantitative estimate of drug-likeness (QED) is 0.858. The van der Waals surface area contributed by atoms with Gasteiger partial charge < -0.3 is 5.32 Å². The van der Waals surface area contributed by atoms with Crippen LogP contribution in [0.1, 0.15) is 18.2 Å². The maximum absolute atomic E-state index is 8.90. The Hall–Kier alpha value is -0.730. The third-order valence-corrected chi connectivity index (χ3v) is 3.47. The summed E-state index contributed by atoms with van der Waals surface area (Å²) < 4.78 is 4.15. The van der Waals surface area contributed by atoms with Gasteiger partial charge in [-0.15, -0.1) is 0 Å². The fourth-order valence-electron chi connectivity index (χ4n) is 1.12. The monoisotopic (exact) mass is 227 g/mol. The molecule has 0 saturated carbocycles. The molecule has 0 fully saturated rings. The fourth-order valence-corrected chi connectivity index (χ4v) is 2.56. The third-order valence-electron chi connectivity index (χ3n) is 1.77. The number of anilines is 1. The maximum Gasteiger partial charge on any atom is 0.127 e. The van der Waals surface area contributed by atoms with Crippen LogP contribution in [0.25, 0.3) is 0 Å². The zero-order chi connectivity index (χ0) is 10.6. The van der Waals surface area contributed by atoms with Gasteiger partial charge >= 0.3 is 0 Å². The molecule has 0 aromatic carbocycles. The SMILES string of the molecule is CSCC(C)Nc1snc(C)c1C#N. The minimum atomic E-state index is 0.372. The Labute approximate surface area is 92.7 Å². The van der Waals surface area contributed by atoms with E-state index in [1.165, 1.54) is 11.5 Å². The maximum atomic E-state index is 8.90. The van der Waals surface area contributed by atoms with Gasteiger partial charge in [0.1, 0.15) is 16.6 Å². The lowest BCUT2D eigenvalue weighted by Crippen LogP contribution is -2.17. The van der Waals surface area contributed by atoms with Crippen molar-refractivity contribution < 1.29 is 0 Å². The van der Waals surface area contributed by atoms with Crippen molar-refractivity contribution in [1.29, 1.82) is 5.26 Å². The Bertz CT molecular complexity index is 340. The Morgan fingerprint density at radius 3 is 3.00 bits per heavy atom. The first-order chi connectivity index (χ1) is 6.69. The Morgan fingerprint density at radius 1 is 1.71 bits per heavy atom. The zero-order valence-electron chi connectivity index (χ0n) is 8.50. The van der Waals surface area contributed by atoms with Crippen molar-refractivity contribution in [2.75, 3.05) is 17.3 Å². The second-order valence-electron chi connectivity index (χ2n) is 3.08. The van der Waals surface area contributed by atoms with Crippen LogP contribution in [-0.2, 0) is 0 Å². The summed E-state index contributed by atoms with van der Waals surface area (Å²) in [5, 5.41) is 13.1. The van der Waals surface area contributed by atoms with Crippen LogP contribution in [-0.4, -0.2) is 22.4 Å². The van der Waals surface area contributed by atoms with E-state index < -0.39 is 0 Å². The highest BCUT2D eigenvalue weighted by molar-refractivity contribution is 7.98. The molecule has 0 amide bonds. The lowest BCUT2D eigenvalue weighted by atomic mass is 10.2. The molecule has 1 N–H and O–H groups in total. The summed E-state index contributed by atoms with van der Waals surface area (Å²) in [6.45, 7) is 3.96. The lowest BCUT2D eigenvalue weighted by Gasteiger charge is -2.11. The highest BCUT2D eigenvalue weighted by Gasteiger charge is 2.11. The van der Waals surface area contributed by atoms with Gasteiger partial charge in [-0.3, -0.25) is 0 Å². The van der Waals surface area contributed by atoms with Crippen molar-refractivity contribution >= 4 is 28.3 Å². The molecule has 14 heavy (non-hydrogen) atoms. The molecule has 0 aliphatic rings. The molecule has 0 saturated heterocycles. The predicted molar refractivity (Wildman–Crippen MR) is 63.0 cm³/mol. The number of aryl methyl sites for hydroxylation is 1. The summed E-state index contributed by atoms with van der Waals surface area (Å²) in [7, 11) is 0. The van der Waals surface area contributed by atoms with Crippen molar-refractivity contribution in [3.8, 4) is 6.07 Å². The molecule has 0 bridgehead atoms. The molecule has 3 nitrogen and oxygen atoms in total. The largest absolute Gasteiger partial charge is 0.371 e. The van der Waals surface area contributed by atoms with Gasteiger partial charge in [0.25, 0.3) is 0 Å². The standard InChI is InChI=1S/C9H13N3S2/c1-6(5-13-3)11-9-8(4-10)7(2)12-14-9/h6,11H,5H2,1-3H3. The molecular formula is C9H13N3S2. The van der Waals surface area contributed by atoms with Crippen molar-refractivity contribution in [2.24, 2.45) is 0 Å². The van der Waals surface area contributed by atoms with E-state index in [4.69, 9.17) is 5.26 Å². The molecule has 5 heteroatoms. The molecule has 1 aromatic heterocycles. The predicted octanol–water partition coefficient (Wildman–Crippen LogP) is 2.49. The van der Waals surface area contributed by atoms with Crippen LogP contribution in [0.2, 0.25) is 0 Å². The molecule has 0 spiro atoms. The molecule has 1 unspecified atom stereocenters. The minimum Gasteiger partial charge on any atom is -0.371 e. The number of nitrogens with one attached hydrogen (secondary N) is 1. The summed E-state index contributed by atoms with van der Waals surface area (Å²) in [6.07, 6.45) is 2.07. The van der Waals surface area contributed by atoms with Gasteiger partial charge in [0.05, 0.1) is 5.69 Å². The highest BCUT2D eigenvalue weighted by Crippen LogP contribution is 2.24. The number of hydrogen-bond acceptors (Lipinski definition) is 5. The minimum absolute atomic E-state index is 0.372. The molecule has 76 valence electrons. The molecular weight excluding hydrogens is 214 g/mol. The van der Waals surface area contributed by atoms with Crippen LogP contribution in [0.5, 0.6) is 0 Å². The first kappa shape index (κ1) is 11.3. The average molecular weight is 227 g/mol. The van der Waals surface area contributed by atoms with Crippen LogP contribution >= 0.6 is 23.3 Å². The van der Waals surface area contributed by atoms with Crippen molar-refractivity contribution in [1.82, 2.24) is 4.37 Å². The second kappa shape index (κ2) is 5.23. The fraction of sp³-hybridized carbons (Fsp3) is 0.556. The van der Waals surface area contributed by atoms with Crippen molar-refractivity contribution in [3.05, 3.63) is 11.3 Å². The van der Waals surface area contributed by atoms with Crippen molar-refractivity contribution in [3.63, 3.8) is 0 Å². The van der Waals surface area contributed by atoms with Gasteiger partial charge in [-0.1, -0.05) is 0 Å². The van der Waals surface area contributed by atoms with Crippen LogP contribution < -0.4 is 5.32 Å². The van der Waals surface area contributed by atoms with Crippen LogP contribution in [0.4, 0.5) is 5.00 Å². The Kier molecular flexibility index (Phi) is 4.23. The van der Waals surface area contributed by atoms with E-state index in [9.17, 15) is 0 Å². The van der Waals surface area contributed by atoms with Gasteiger partial charge in [0.15, 0.2) is 0 Å². The van der Waals surface area contributed by atoms with E-state index in [1.807, 2.05) is 6.92 Å². The molecule has 0 radical (unpaired) electrons. The Balaban J connectivity index is 2.72. The molecule has 1 aromatic rings. The highest BCUT2D eigenvalue weighted by atomic mass is 32.2. The van der Waals surface area contributed by atoms with E-state index in [1.54, 1.807) is 11.8 Å². The smallest absolute Gasteiger partial charge is 0.127 e. The molecule has 1 rings (SSSR count). The summed E-state index contributed by atoms with van der Waals surface area (Å²) in [5.74, 6) is 1.03. The third kappa shape index (κ3) is 2.63. The van der Waals surface area contributed by atoms with E-state index >= 15 is 0 Å². The van der Waals surface area contributed by atoms with E-state index in [0.29, 0.717) is 11.6 Å². The van der Waals surface area contributed by atoms with Crippen molar-refractivity contribution in [2.45, 2.75) is 19.9 Å². The van der Waals surface area contributed by atoms with E-state index in [0.717, 1.165) is 16.4 Å². The summed E-state index contributed by atoms with van der Waals surface area (Å²) in [6, 6.07) is 2.54. The molecule has 1 heterocycles. The normalized spacial score (nSPS) is 12.1. The van der Waals surface area contributed by atoms with Crippen LogP contribution in [0, 0.1) is 18.3 Å². The first-order valence-electron chi connectivity index (χ1n) is 4.31. The van der Waals surface area contributed by atoms with Gasteiger partial charge in [-0.25, -0.2) is 0 Å². The molecule has 1 atom stereocenters. The number of nitrogens with zero attached hydrogens (tertiary/aromatic N) is 2. The average Bonchev–Trinajstić information content (AvgIpc) is 2.47. The number of aromatic nitrogens is 1. The summed E-state index contributed by atoms with van der Waals surface area (Å²) in [4.78, 5) is 0. The van der Waals surface area contributed by atoms with Crippen LogP contribution in [0.3, 0.4) is 0 Å². The first-order valence-corrected chi connectivity index (χ1v) is 6.47. The summed E-state index contributed by atoms with van der Waals surface area (Å²) in [5.41, 5.74) is 1.50. The van der Waals surface area contributed by atoms with Gasteiger partial charge in [-0.05, 0) is 31.6 Å². The van der Waals surface area contributed by atoms with Gasteiger partial charge in [-0.2, -0.15) is 21.4 Å². The van der Waals surface area contributed by atoms with Gasteiger partial charge in [0.2, 0.25) is 0 Å². The second-order valence-corrected chi connectivity index (χ2v) is 4.77. The number of rotatable bonds is 4. The zero-order valence-corrected chi connectivity index (χ0v) is 10.1. The van der Waals surface area contributed by atoms with E-state index in [-0.39, 0.29) is 0 Å².